The number of allylic oxidation sites excluding steroid dienone is 1. The molecular weight excluding hydrogens is 486 g/mol. The zero-order valence-corrected chi connectivity index (χ0v) is 20.8. The summed E-state index contributed by atoms with van der Waals surface area (Å²) in [5, 5.41) is 11.5. The third kappa shape index (κ3) is 4.40. The van der Waals surface area contributed by atoms with Gasteiger partial charge in [0, 0.05) is 6.07 Å². The van der Waals surface area contributed by atoms with Crippen molar-refractivity contribution in [2.45, 2.75) is 19.9 Å². The van der Waals surface area contributed by atoms with Gasteiger partial charge in [-0.2, -0.15) is 0 Å². The van der Waals surface area contributed by atoms with E-state index in [-0.39, 0.29) is 28.0 Å². The van der Waals surface area contributed by atoms with Crippen molar-refractivity contribution in [1.82, 2.24) is 4.57 Å². The predicted molar refractivity (Wildman–Crippen MR) is 133 cm³/mol. The summed E-state index contributed by atoms with van der Waals surface area (Å²) in [6.45, 7) is 3.52. The standard InChI is InChI=1S/C25H23N3O7S/c1-5-35-24(30)21-14(2)26-25-27(22(21)16-10-11-18(33-3)19(12-16)34-4)23(29)20(36-25)13-15-8-6-7-9-17(15)28(31)32/h6-13,22H,5H2,1-4H3/b20-13-. The summed E-state index contributed by atoms with van der Waals surface area (Å²) >= 11 is 1.09. The number of rotatable bonds is 7. The van der Waals surface area contributed by atoms with E-state index < -0.39 is 22.5 Å². The van der Waals surface area contributed by atoms with Crippen LogP contribution < -0.4 is 24.4 Å². The van der Waals surface area contributed by atoms with Crippen LogP contribution in [0.1, 0.15) is 31.0 Å². The summed E-state index contributed by atoms with van der Waals surface area (Å²) in [5.74, 6) is 0.324. The molecule has 0 spiro atoms. The number of ether oxygens (including phenoxy) is 3. The summed E-state index contributed by atoms with van der Waals surface area (Å²) in [6, 6.07) is 10.4. The molecule has 0 N–H and O–H groups in total. The lowest BCUT2D eigenvalue weighted by Crippen LogP contribution is -2.40. The van der Waals surface area contributed by atoms with Crippen LogP contribution in [0.15, 0.2) is 63.5 Å². The third-order valence-corrected chi connectivity index (χ3v) is 6.64. The van der Waals surface area contributed by atoms with Crippen LogP contribution in [0.5, 0.6) is 11.5 Å². The van der Waals surface area contributed by atoms with Crippen molar-refractivity contribution in [2.75, 3.05) is 20.8 Å². The number of nitro groups is 1. The lowest BCUT2D eigenvalue weighted by atomic mass is 9.95. The van der Waals surface area contributed by atoms with E-state index in [0.29, 0.717) is 27.6 Å². The topological polar surface area (TPSA) is 122 Å². The molecule has 0 radical (unpaired) electrons. The van der Waals surface area contributed by atoms with Gasteiger partial charge in [0.1, 0.15) is 0 Å². The van der Waals surface area contributed by atoms with Crippen LogP contribution >= 0.6 is 11.3 Å². The number of fused-ring (bicyclic) bond motifs is 1. The number of carbonyl (C=O) groups excluding carboxylic acids is 1. The lowest BCUT2D eigenvalue weighted by molar-refractivity contribution is -0.385. The molecule has 1 aromatic heterocycles. The van der Waals surface area contributed by atoms with Crippen LogP contribution in [0.4, 0.5) is 5.69 Å². The molecule has 4 rings (SSSR count). The van der Waals surface area contributed by atoms with Gasteiger partial charge >= 0.3 is 5.97 Å². The predicted octanol–water partition coefficient (Wildman–Crippen LogP) is 2.72. The number of esters is 1. The Morgan fingerprint density at radius 3 is 2.58 bits per heavy atom. The van der Waals surface area contributed by atoms with Crippen molar-refractivity contribution in [3.8, 4) is 11.5 Å². The molecule has 10 nitrogen and oxygen atoms in total. The molecule has 0 saturated heterocycles. The highest BCUT2D eigenvalue weighted by molar-refractivity contribution is 7.07. The Labute approximate surface area is 209 Å². The van der Waals surface area contributed by atoms with Gasteiger partial charge in [-0.15, -0.1) is 0 Å². The van der Waals surface area contributed by atoms with E-state index >= 15 is 0 Å². The molecule has 0 aliphatic carbocycles. The molecule has 2 heterocycles. The summed E-state index contributed by atoms with van der Waals surface area (Å²) < 4.78 is 17.7. The second-order valence-corrected chi connectivity index (χ2v) is 8.74. The molecular formula is C25H23N3O7S. The van der Waals surface area contributed by atoms with E-state index in [1.54, 1.807) is 50.2 Å². The zero-order chi connectivity index (χ0) is 26.0. The smallest absolute Gasteiger partial charge is 0.338 e. The Bertz CT molecular complexity index is 1570. The summed E-state index contributed by atoms with van der Waals surface area (Å²) in [4.78, 5) is 42.5. The fraction of sp³-hybridized carbons (Fsp3) is 0.240. The summed E-state index contributed by atoms with van der Waals surface area (Å²) in [5.41, 5.74) is 0.940. The Hall–Kier alpha value is -4.25. The number of thiazole rings is 1. The van der Waals surface area contributed by atoms with Gasteiger partial charge in [0.05, 0.1) is 53.2 Å². The average Bonchev–Trinajstić information content (AvgIpc) is 3.17. The molecule has 11 heteroatoms. The quantitative estimate of drug-likeness (QED) is 0.273. The molecule has 0 saturated carbocycles. The summed E-state index contributed by atoms with van der Waals surface area (Å²) in [7, 11) is 3.00. The van der Waals surface area contributed by atoms with Gasteiger partial charge in [0.2, 0.25) is 0 Å². The molecule has 2 aromatic carbocycles. The molecule has 3 aromatic rings. The first-order valence-corrected chi connectivity index (χ1v) is 11.8. The first-order chi connectivity index (χ1) is 17.3. The van der Waals surface area contributed by atoms with E-state index in [1.165, 1.54) is 30.9 Å². The van der Waals surface area contributed by atoms with Crippen molar-refractivity contribution >= 4 is 29.1 Å². The highest BCUT2D eigenvalue weighted by Crippen LogP contribution is 2.36. The maximum atomic E-state index is 13.7. The van der Waals surface area contributed by atoms with Gasteiger partial charge in [-0.05, 0) is 43.7 Å². The van der Waals surface area contributed by atoms with Crippen molar-refractivity contribution in [3.05, 3.63) is 94.7 Å². The number of hydrogen-bond donors (Lipinski definition) is 0. The molecule has 0 bridgehead atoms. The summed E-state index contributed by atoms with van der Waals surface area (Å²) in [6.07, 6.45) is 1.47. The number of benzene rings is 2. The van der Waals surface area contributed by atoms with Crippen LogP contribution in [0.25, 0.3) is 6.08 Å². The molecule has 1 aliphatic heterocycles. The highest BCUT2D eigenvalue weighted by Gasteiger charge is 2.34. The number of carbonyl (C=O) groups is 1. The van der Waals surface area contributed by atoms with Crippen molar-refractivity contribution < 1.29 is 23.9 Å². The van der Waals surface area contributed by atoms with Gasteiger partial charge in [-0.1, -0.05) is 29.5 Å². The Morgan fingerprint density at radius 1 is 1.19 bits per heavy atom. The van der Waals surface area contributed by atoms with Crippen LogP contribution in [-0.4, -0.2) is 36.3 Å². The number of methoxy groups -OCH3 is 2. The van der Waals surface area contributed by atoms with Gasteiger partial charge in [-0.25, -0.2) is 9.79 Å². The maximum absolute atomic E-state index is 13.7. The zero-order valence-electron chi connectivity index (χ0n) is 20.0. The van der Waals surface area contributed by atoms with E-state index in [1.807, 2.05) is 0 Å². The van der Waals surface area contributed by atoms with Gasteiger partial charge < -0.3 is 14.2 Å². The monoisotopic (exact) mass is 509 g/mol. The molecule has 0 fully saturated rings. The minimum Gasteiger partial charge on any atom is -0.493 e. The second kappa shape index (κ2) is 10.2. The number of aromatic nitrogens is 1. The number of para-hydroxylation sites is 1. The average molecular weight is 510 g/mol. The van der Waals surface area contributed by atoms with Crippen LogP contribution in [0.2, 0.25) is 0 Å². The first-order valence-electron chi connectivity index (χ1n) is 11.0. The van der Waals surface area contributed by atoms with E-state index in [9.17, 15) is 19.7 Å². The van der Waals surface area contributed by atoms with Gasteiger partial charge in [-0.3, -0.25) is 19.5 Å². The fourth-order valence-corrected chi connectivity index (χ4v) is 5.08. The van der Waals surface area contributed by atoms with E-state index in [4.69, 9.17) is 14.2 Å². The van der Waals surface area contributed by atoms with Crippen molar-refractivity contribution in [2.24, 2.45) is 4.99 Å². The fourth-order valence-electron chi connectivity index (χ4n) is 4.05. The number of nitro benzene ring substituents is 1. The lowest BCUT2D eigenvalue weighted by Gasteiger charge is -2.25. The highest BCUT2D eigenvalue weighted by atomic mass is 32.1. The Morgan fingerprint density at radius 2 is 1.92 bits per heavy atom. The van der Waals surface area contributed by atoms with Gasteiger partial charge in [0.25, 0.3) is 11.2 Å². The molecule has 36 heavy (non-hydrogen) atoms. The number of nitrogens with zero attached hydrogens (tertiary/aromatic N) is 3. The maximum Gasteiger partial charge on any atom is 0.338 e. The molecule has 0 amide bonds. The minimum absolute atomic E-state index is 0.122. The minimum atomic E-state index is -0.854. The van der Waals surface area contributed by atoms with Crippen LogP contribution in [0, 0.1) is 10.1 Å². The first kappa shape index (κ1) is 24.9. The van der Waals surface area contributed by atoms with E-state index in [0.717, 1.165) is 11.3 Å². The number of hydrogen-bond acceptors (Lipinski definition) is 9. The van der Waals surface area contributed by atoms with Crippen molar-refractivity contribution in [1.29, 1.82) is 0 Å². The van der Waals surface area contributed by atoms with Crippen LogP contribution in [-0.2, 0) is 9.53 Å². The second-order valence-electron chi connectivity index (χ2n) is 7.73. The largest absolute Gasteiger partial charge is 0.493 e. The normalized spacial score (nSPS) is 15.2. The molecule has 1 atom stereocenters. The van der Waals surface area contributed by atoms with Gasteiger partial charge in [0.15, 0.2) is 16.3 Å². The Kier molecular flexibility index (Phi) is 7.02. The third-order valence-electron chi connectivity index (χ3n) is 5.66. The Balaban J connectivity index is 1.99. The molecule has 1 unspecified atom stereocenters. The van der Waals surface area contributed by atoms with Crippen LogP contribution in [0.3, 0.4) is 0 Å². The molecule has 186 valence electrons. The van der Waals surface area contributed by atoms with Crippen molar-refractivity contribution in [3.63, 3.8) is 0 Å². The van der Waals surface area contributed by atoms with E-state index in [2.05, 4.69) is 4.99 Å². The SMILES string of the molecule is CCOC(=O)C1=C(C)N=c2s/c(=C\c3ccccc3[N+](=O)[O-])c(=O)n2C1c1ccc(OC)c(OC)c1. The molecule has 1 aliphatic rings.